The van der Waals surface area contributed by atoms with Crippen LogP contribution in [0.4, 0.5) is 0 Å². The second-order valence-electron chi connectivity index (χ2n) is 6.90. The fourth-order valence-electron chi connectivity index (χ4n) is 3.15. The zero-order valence-corrected chi connectivity index (χ0v) is 17.1. The smallest absolute Gasteiger partial charge is 0.263 e. The molecule has 3 aromatic carbocycles. The molecule has 0 aromatic heterocycles. The topological polar surface area (TPSA) is 62.6 Å². The first-order valence-electron chi connectivity index (χ1n) is 9.72. The monoisotopic (exact) mass is 400 g/mol. The molecule has 1 unspecified atom stereocenters. The number of ether oxygens (including phenoxy) is 2. The van der Waals surface area contributed by atoms with Gasteiger partial charge in [0.05, 0.1) is 18.7 Å². The third-order valence-corrected chi connectivity index (χ3v) is 4.69. The largest absolute Gasteiger partial charge is 0.493 e. The maximum atomic E-state index is 13.3. The molecule has 0 saturated carbocycles. The van der Waals surface area contributed by atoms with Crippen LogP contribution in [0.1, 0.15) is 23.6 Å². The van der Waals surface area contributed by atoms with Crippen molar-refractivity contribution >= 4 is 5.91 Å². The highest BCUT2D eigenvalue weighted by Gasteiger charge is 2.24. The molecule has 3 aromatic rings. The maximum Gasteiger partial charge on any atom is 0.263 e. The van der Waals surface area contributed by atoms with Gasteiger partial charge in [-0.25, -0.2) is 0 Å². The SMILES string of the molecule is COc1cc(C#N)ccc1OC(C)C(=O)N(Cc1ccccc1)Cc1ccccc1. The van der Waals surface area contributed by atoms with Crippen molar-refractivity contribution in [1.29, 1.82) is 5.26 Å². The molecular weight excluding hydrogens is 376 g/mol. The third kappa shape index (κ3) is 5.39. The standard InChI is InChI=1S/C25H24N2O3/c1-19(30-23-14-13-22(16-26)15-24(23)29-2)25(28)27(17-20-9-5-3-6-10-20)18-21-11-7-4-8-12-21/h3-15,19H,17-18H2,1-2H3. The minimum absolute atomic E-state index is 0.130. The third-order valence-electron chi connectivity index (χ3n) is 4.69. The summed E-state index contributed by atoms with van der Waals surface area (Å²) in [4.78, 5) is 15.1. The van der Waals surface area contributed by atoms with Gasteiger partial charge >= 0.3 is 0 Å². The van der Waals surface area contributed by atoms with Crippen molar-refractivity contribution in [2.75, 3.05) is 7.11 Å². The first kappa shape index (κ1) is 20.9. The number of hydrogen-bond acceptors (Lipinski definition) is 4. The summed E-state index contributed by atoms with van der Waals surface area (Å²) in [6.45, 7) is 2.68. The Morgan fingerprint density at radius 1 is 0.933 bits per heavy atom. The van der Waals surface area contributed by atoms with Crippen LogP contribution in [-0.4, -0.2) is 24.0 Å². The van der Waals surface area contributed by atoms with Gasteiger partial charge in [0.15, 0.2) is 17.6 Å². The fraction of sp³-hybridized carbons (Fsp3) is 0.200. The lowest BCUT2D eigenvalue weighted by atomic mass is 10.1. The molecule has 0 N–H and O–H groups in total. The van der Waals surface area contributed by atoms with Gasteiger partial charge in [-0.2, -0.15) is 5.26 Å². The summed E-state index contributed by atoms with van der Waals surface area (Å²) in [6, 6.07) is 26.7. The summed E-state index contributed by atoms with van der Waals surface area (Å²) in [5, 5.41) is 9.06. The predicted octanol–water partition coefficient (Wildman–Crippen LogP) is 4.56. The second kappa shape index (κ2) is 10.1. The van der Waals surface area contributed by atoms with Gasteiger partial charge in [0.2, 0.25) is 0 Å². The molecular formula is C25H24N2O3. The highest BCUT2D eigenvalue weighted by atomic mass is 16.5. The van der Waals surface area contributed by atoms with Crippen molar-refractivity contribution in [3.8, 4) is 17.6 Å². The van der Waals surface area contributed by atoms with Gasteiger partial charge in [-0.05, 0) is 30.2 Å². The number of nitriles is 1. The highest BCUT2D eigenvalue weighted by molar-refractivity contribution is 5.81. The lowest BCUT2D eigenvalue weighted by Crippen LogP contribution is -2.39. The summed E-state index contributed by atoms with van der Waals surface area (Å²) in [5.74, 6) is 0.720. The van der Waals surface area contributed by atoms with Crippen LogP contribution in [-0.2, 0) is 17.9 Å². The second-order valence-corrected chi connectivity index (χ2v) is 6.90. The van der Waals surface area contributed by atoms with E-state index in [9.17, 15) is 4.79 Å². The molecule has 0 aliphatic heterocycles. The van der Waals surface area contributed by atoms with Crippen LogP contribution in [0.25, 0.3) is 0 Å². The van der Waals surface area contributed by atoms with E-state index >= 15 is 0 Å². The minimum Gasteiger partial charge on any atom is -0.493 e. The molecule has 30 heavy (non-hydrogen) atoms. The Kier molecular flexibility index (Phi) is 7.07. The lowest BCUT2D eigenvalue weighted by molar-refractivity contribution is -0.139. The van der Waals surface area contributed by atoms with Gasteiger partial charge in [-0.15, -0.1) is 0 Å². The summed E-state index contributed by atoms with van der Waals surface area (Å²) < 4.78 is 11.2. The molecule has 1 atom stereocenters. The van der Waals surface area contributed by atoms with Gasteiger partial charge in [-0.3, -0.25) is 4.79 Å². The van der Waals surface area contributed by atoms with Crippen LogP contribution < -0.4 is 9.47 Å². The van der Waals surface area contributed by atoms with Crippen molar-refractivity contribution in [2.45, 2.75) is 26.1 Å². The molecule has 0 spiro atoms. The Morgan fingerprint density at radius 3 is 2.00 bits per heavy atom. The Labute approximate surface area is 177 Å². The molecule has 3 rings (SSSR count). The molecule has 152 valence electrons. The van der Waals surface area contributed by atoms with Crippen molar-refractivity contribution in [3.63, 3.8) is 0 Å². The zero-order valence-electron chi connectivity index (χ0n) is 17.1. The van der Waals surface area contributed by atoms with E-state index in [1.54, 1.807) is 30.0 Å². The van der Waals surface area contributed by atoms with E-state index in [1.165, 1.54) is 7.11 Å². The molecule has 1 amide bonds. The predicted molar refractivity (Wildman–Crippen MR) is 115 cm³/mol. The number of benzene rings is 3. The molecule has 0 bridgehead atoms. The number of nitrogens with zero attached hydrogens (tertiary/aromatic N) is 2. The Balaban J connectivity index is 1.80. The molecule has 0 radical (unpaired) electrons. The Morgan fingerprint density at radius 2 is 1.50 bits per heavy atom. The van der Waals surface area contributed by atoms with Gasteiger partial charge in [0, 0.05) is 19.2 Å². The maximum absolute atomic E-state index is 13.3. The summed E-state index contributed by atoms with van der Waals surface area (Å²) >= 11 is 0. The van der Waals surface area contributed by atoms with Crippen LogP contribution in [0.3, 0.4) is 0 Å². The van der Waals surface area contributed by atoms with Gasteiger partial charge < -0.3 is 14.4 Å². The summed E-state index contributed by atoms with van der Waals surface area (Å²) in [5.41, 5.74) is 2.56. The zero-order chi connectivity index (χ0) is 21.3. The van der Waals surface area contributed by atoms with E-state index < -0.39 is 6.10 Å². The minimum atomic E-state index is -0.723. The van der Waals surface area contributed by atoms with Crippen molar-refractivity contribution < 1.29 is 14.3 Å². The van der Waals surface area contributed by atoms with Crippen LogP contribution in [0.15, 0.2) is 78.9 Å². The highest BCUT2D eigenvalue weighted by Crippen LogP contribution is 2.29. The van der Waals surface area contributed by atoms with Crippen LogP contribution in [0.2, 0.25) is 0 Å². The first-order chi connectivity index (χ1) is 14.6. The van der Waals surface area contributed by atoms with E-state index in [1.807, 2.05) is 60.7 Å². The van der Waals surface area contributed by atoms with Crippen LogP contribution >= 0.6 is 0 Å². The Bertz CT molecular complexity index is 972. The quantitative estimate of drug-likeness (QED) is 0.556. The van der Waals surface area contributed by atoms with Crippen molar-refractivity contribution in [1.82, 2.24) is 4.90 Å². The van der Waals surface area contributed by atoms with Crippen molar-refractivity contribution in [3.05, 3.63) is 95.6 Å². The van der Waals surface area contributed by atoms with E-state index in [0.717, 1.165) is 11.1 Å². The molecule has 0 fully saturated rings. The van der Waals surface area contributed by atoms with E-state index in [2.05, 4.69) is 6.07 Å². The van der Waals surface area contributed by atoms with E-state index in [0.29, 0.717) is 30.2 Å². The molecule has 0 heterocycles. The van der Waals surface area contributed by atoms with Crippen molar-refractivity contribution in [2.24, 2.45) is 0 Å². The average Bonchev–Trinajstić information content (AvgIpc) is 2.79. The Hall–Kier alpha value is -3.78. The normalized spacial score (nSPS) is 11.2. The number of methoxy groups -OCH3 is 1. The lowest BCUT2D eigenvalue weighted by Gasteiger charge is -2.27. The molecule has 0 saturated heterocycles. The van der Waals surface area contributed by atoms with Gasteiger partial charge in [-0.1, -0.05) is 60.7 Å². The first-order valence-corrected chi connectivity index (χ1v) is 9.72. The van der Waals surface area contributed by atoms with Crippen LogP contribution in [0.5, 0.6) is 11.5 Å². The fourth-order valence-corrected chi connectivity index (χ4v) is 3.15. The van der Waals surface area contributed by atoms with Crippen LogP contribution in [0, 0.1) is 11.3 Å². The van der Waals surface area contributed by atoms with Gasteiger partial charge in [0.25, 0.3) is 5.91 Å². The molecule has 5 nitrogen and oxygen atoms in total. The molecule has 5 heteroatoms. The summed E-state index contributed by atoms with van der Waals surface area (Å²) in [6.07, 6.45) is -0.723. The number of carbonyl (C=O) groups excluding carboxylic acids is 1. The molecule has 0 aliphatic carbocycles. The van der Waals surface area contributed by atoms with E-state index in [4.69, 9.17) is 14.7 Å². The number of carbonyl (C=O) groups is 1. The average molecular weight is 400 g/mol. The number of amides is 1. The van der Waals surface area contributed by atoms with Gasteiger partial charge in [0.1, 0.15) is 0 Å². The summed E-state index contributed by atoms with van der Waals surface area (Å²) in [7, 11) is 1.51. The number of rotatable bonds is 8. The van der Waals surface area contributed by atoms with E-state index in [-0.39, 0.29) is 5.91 Å². The molecule has 0 aliphatic rings. The number of hydrogen-bond donors (Lipinski definition) is 0.